The standard InChI is InChI=1S/C24H47N3O7S/c1-32-17-9-3-2-7-15-26-24(30)20-21(27-23(29)14-6-11-19-34-35)12-4-8-16-25-22(28)13-5-10-18-33-31/h21,31,35H,2-20H2,1H3,(H,25,28)(H,26,30)(H,27,29). The average Bonchev–Trinajstić information content (AvgIpc) is 2.83. The fourth-order valence-electron chi connectivity index (χ4n) is 3.51. The Kier molecular flexibility index (Phi) is 24.7. The van der Waals surface area contributed by atoms with Crippen LogP contribution in [0.4, 0.5) is 0 Å². The van der Waals surface area contributed by atoms with E-state index in [9.17, 15) is 14.4 Å². The van der Waals surface area contributed by atoms with E-state index in [-0.39, 0.29) is 36.8 Å². The molecular formula is C24H47N3O7S. The molecule has 11 heteroatoms. The van der Waals surface area contributed by atoms with Gasteiger partial charge in [-0.15, -0.1) is 0 Å². The fraction of sp³-hybridized carbons (Fsp3) is 0.875. The minimum Gasteiger partial charge on any atom is -0.385 e. The van der Waals surface area contributed by atoms with Crippen molar-refractivity contribution in [2.24, 2.45) is 0 Å². The number of rotatable bonds is 25. The third-order valence-corrected chi connectivity index (χ3v) is 5.66. The van der Waals surface area contributed by atoms with E-state index in [0.717, 1.165) is 51.6 Å². The SMILES string of the molecule is COCCCCCCNC(=O)CC(CCCCNC(=O)CCCCOO)NC(=O)CCCCOS. The van der Waals surface area contributed by atoms with Gasteiger partial charge < -0.3 is 24.9 Å². The van der Waals surface area contributed by atoms with E-state index < -0.39 is 0 Å². The molecule has 0 aliphatic heterocycles. The summed E-state index contributed by atoms with van der Waals surface area (Å²) in [4.78, 5) is 40.5. The molecule has 0 heterocycles. The van der Waals surface area contributed by atoms with E-state index in [1.54, 1.807) is 7.11 Å². The lowest BCUT2D eigenvalue weighted by Crippen LogP contribution is -2.39. The van der Waals surface area contributed by atoms with Crippen LogP contribution in [-0.2, 0) is 28.2 Å². The topological polar surface area (TPSA) is 135 Å². The van der Waals surface area contributed by atoms with Gasteiger partial charge in [-0.1, -0.05) is 12.8 Å². The molecule has 0 aliphatic carbocycles. The van der Waals surface area contributed by atoms with E-state index in [4.69, 9.17) is 14.2 Å². The highest BCUT2D eigenvalue weighted by molar-refractivity contribution is 7.75. The zero-order chi connectivity index (χ0) is 26.0. The first kappa shape index (κ1) is 33.6. The van der Waals surface area contributed by atoms with Crippen molar-refractivity contribution in [3.8, 4) is 0 Å². The highest BCUT2D eigenvalue weighted by Gasteiger charge is 2.16. The van der Waals surface area contributed by atoms with Crippen LogP contribution in [0.3, 0.4) is 0 Å². The summed E-state index contributed by atoms with van der Waals surface area (Å²) >= 11 is 3.70. The molecule has 0 aliphatic rings. The quantitative estimate of drug-likeness (QED) is 0.0409. The van der Waals surface area contributed by atoms with Gasteiger partial charge in [0.05, 0.1) is 13.2 Å². The molecule has 3 amide bonds. The van der Waals surface area contributed by atoms with E-state index in [1.807, 2.05) is 0 Å². The predicted molar refractivity (Wildman–Crippen MR) is 138 cm³/mol. The van der Waals surface area contributed by atoms with Crippen LogP contribution in [0.25, 0.3) is 0 Å². The average molecular weight is 522 g/mol. The molecule has 0 spiro atoms. The molecule has 0 radical (unpaired) electrons. The van der Waals surface area contributed by atoms with Gasteiger partial charge in [0, 0.05) is 52.1 Å². The van der Waals surface area contributed by atoms with E-state index >= 15 is 0 Å². The van der Waals surface area contributed by atoms with Gasteiger partial charge in [-0.05, 0) is 70.7 Å². The fourth-order valence-corrected chi connectivity index (χ4v) is 3.64. The van der Waals surface area contributed by atoms with E-state index in [0.29, 0.717) is 58.2 Å². The maximum Gasteiger partial charge on any atom is 0.222 e. The molecule has 1 atom stereocenters. The number of carbonyl (C=O) groups is 3. The van der Waals surface area contributed by atoms with Crippen LogP contribution in [0.1, 0.15) is 89.9 Å². The Bertz CT molecular complexity index is 541. The number of nitrogens with one attached hydrogen (secondary N) is 3. The lowest BCUT2D eigenvalue weighted by atomic mass is 10.0. The summed E-state index contributed by atoms with van der Waals surface area (Å²) in [5.41, 5.74) is 0. The number of thiol groups is 1. The van der Waals surface area contributed by atoms with Crippen LogP contribution in [0.15, 0.2) is 0 Å². The molecule has 0 fully saturated rings. The maximum absolute atomic E-state index is 12.4. The molecular weight excluding hydrogens is 474 g/mol. The van der Waals surface area contributed by atoms with Gasteiger partial charge in [-0.25, -0.2) is 4.89 Å². The molecule has 206 valence electrons. The van der Waals surface area contributed by atoms with Crippen molar-refractivity contribution >= 4 is 30.6 Å². The summed E-state index contributed by atoms with van der Waals surface area (Å²) in [5, 5.41) is 17.1. The van der Waals surface area contributed by atoms with Gasteiger partial charge >= 0.3 is 0 Å². The van der Waals surface area contributed by atoms with Crippen LogP contribution >= 0.6 is 12.9 Å². The number of amides is 3. The molecule has 0 aromatic carbocycles. The van der Waals surface area contributed by atoms with Gasteiger partial charge in [0.15, 0.2) is 0 Å². The predicted octanol–water partition coefficient (Wildman–Crippen LogP) is 3.16. The van der Waals surface area contributed by atoms with Crippen LogP contribution < -0.4 is 16.0 Å². The van der Waals surface area contributed by atoms with Gasteiger partial charge in [0.2, 0.25) is 17.7 Å². The van der Waals surface area contributed by atoms with Crippen molar-refractivity contribution in [2.45, 2.75) is 95.9 Å². The summed E-state index contributed by atoms with van der Waals surface area (Å²) in [6.07, 6.45) is 10.0. The monoisotopic (exact) mass is 521 g/mol. The Labute approximate surface area is 216 Å². The van der Waals surface area contributed by atoms with E-state index in [1.165, 1.54) is 0 Å². The third kappa shape index (κ3) is 24.1. The lowest BCUT2D eigenvalue weighted by Gasteiger charge is -2.19. The zero-order valence-corrected chi connectivity index (χ0v) is 22.3. The van der Waals surface area contributed by atoms with Crippen molar-refractivity contribution in [3.63, 3.8) is 0 Å². The maximum atomic E-state index is 12.4. The van der Waals surface area contributed by atoms with Crippen LogP contribution in [-0.4, -0.2) is 69.0 Å². The molecule has 0 aromatic rings. The number of carbonyl (C=O) groups excluding carboxylic acids is 3. The summed E-state index contributed by atoms with van der Waals surface area (Å²) in [7, 11) is 1.70. The molecule has 0 bridgehead atoms. The normalized spacial score (nSPS) is 11.7. The Hall–Kier alpha value is -1.40. The van der Waals surface area contributed by atoms with Gasteiger partial charge in [0.1, 0.15) is 0 Å². The zero-order valence-electron chi connectivity index (χ0n) is 21.4. The van der Waals surface area contributed by atoms with Crippen molar-refractivity contribution in [3.05, 3.63) is 0 Å². The summed E-state index contributed by atoms with van der Waals surface area (Å²) < 4.78 is 9.75. The molecule has 0 saturated carbocycles. The second-order valence-corrected chi connectivity index (χ2v) is 8.91. The largest absolute Gasteiger partial charge is 0.385 e. The molecule has 1 unspecified atom stereocenters. The number of ether oxygens (including phenoxy) is 1. The first-order valence-electron chi connectivity index (χ1n) is 12.9. The minimum absolute atomic E-state index is 0.0282. The highest BCUT2D eigenvalue weighted by atomic mass is 32.1. The van der Waals surface area contributed by atoms with E-state index in [2.05, 4.69) is 33.7 Å². The molecule has 10 nitrogen and oxygen atoms in total. The third-order valence-electron chi connectivity index (χ3n) is 5.47. The summed E-state index contributed by atoms with van der Waals surface area (Å²) in [6.45, 7) is 2.67. The first-order valence-corrected chi connectivity index (χ1v) is 13.2. The molecule has 35 heavy (non-hydrogen) atoms. The smallest absolute Gasteiger partial charge is 0.222 e. The highest BCUT2D eigenvalue weighted by Crippen LogP contribution is 2.07. The molecule has 0 rings (SSSR count). The van der Waals surface area contributed by atoms with Gasteiger partial charge in [-0.2, -0.15) is 0 Å². The van der Waals surface area contributed by atoms with Gasteiger partial charge in [0.25, 0.3) is 0 Å². The Morgan fingerprint density at radius 3 is 2.03 bits per heavy atom. The molecule has 4 N–H and O–H groups in total. The second-order valence-electron chi connectivity index (χ2n) is 8.65. The Balaban J connectivity index is 4.27. The Morgan fingerprint density at radius 2 is 1.34 bits per heavy atom. The van der Waals surface area contributed by atoms with Crippen molar-refractivity contribution in [1.82, 2.24) is 16.0 Å². The number of hydrogen-bond donors (Lipinski definition) is 5. The van der Waals surface area contributed by atoms with Crippen molar-refractivity contribution < 1.29 is 33.4 Å². The minimum atomic E-state index is -0.237. The van der Waals surface area contributed by atoms with Gasteiger partial charge in [-0.3, -0.25) is 19.6 Å². The van der Waals surface area contributed by atoms with Crippen LogP contribution in [0.5, 0.6) is 0 Å². The molecule has 0 saturated heterocycles. The second kappa shape index (κ2) is 25.7. The Morgan fingerprint density at radius 1 is 0.743 bits per heavy atom. The van der Waals surface area contributed by atoms with Crippen molar-refractivity contribution in [1.29, 1.82) is 0 Å². The number of unbranched alkanes of at least 4 members (excludes halogenated alkanes) is 6. The summed E-state index contributed by atoms with van der Waals surface area (Å²) in [6, 6.07) is -0.237. The number of methoxy groups -OCH3 is 1. The van der Waals surface area contributed by atoms with Crippen LogP contribution in [0.2, 0.25) is 0 Å². The van der Waals surface area contributed by atoms with Crippen molar-refractivity contribution in [2.75, 3.05) is 40.0 Å². The molecule has 0 aromatic heterocycles. The number of hydrogen-bond acceptors (Lipinski definition) is 8. The summed E-state index contributed by atoms with van der Waals surface area (Å²) in [5.74, 6) is -0.157. The van der Waals surface area contributed by atoms with Crippen LogP contribution in [0, 0.1) is 0 Å². The first-order chi connectivity index (χ1) is 17.0. The lowest BCUT2D eigenvalue weighted by molar-refractivity contribution is -0.242.